The standard InChI is InChI=1S/C14H20BrNO2/c1-10(16)6-12-7-13(15)2-3-14(12)18-9-11-4-5-17-8-11/h2-3,7,10-11H,4-6,8-9,16H2,1H3. The van der Waals surface area contributed by atoms with Crippen molar-refractivity contribution in [1.82, 2.24) is 0 Å². The molecule has 3 nitrogen and oxygen atoms in total. The molecule has 0 aromatic heterocycles. The summed E-state index contributed by atoms with van der Waals surface area (Å²) in [5.74, 6) is 1.47. The quantitative estimate of drug-likeness (QED) is 0.909. The summed E-state index contributed by atoms with van der Waals surface area (Å²) < 4.78 is 12.3. The second kappa shape index (κ2) is 6.55. The van der Waals surface area contributed by atoms with Crippen molar-refractivity contribution < 1.29 is 9.47 Å². The molecule has 0 saturated carbocycles. The van der Waals surface area contributed by atoms with Gasteiger partial charge in [0, 0.05) is 23.0 Å². The monoisotopic (exact) mass is 313 g/mol. The lowest BCUT2D eigenvalue weighted by atomic mass is 10.1. The van der Waals surface area contributed by atoms with Gasteiger partial charge >= 0.3 is 0 Å². The zero-order valence-electron chi connectivity index (χ0n) is 10.7. The average Bonchev–Trinajstić information content (AvgIpc) is 2.80. The summed E-state index contributed by atoms with van der Waals surface area (Å²) in [5, 5.41) is 0. The van der Waals surface area contributed by atoms with E-state index in [0.717, 1.165) is 42.9 Å². The van der Waals surface area contributed by atoms with Crippen LogP contribution in [-0.2, 0) is 11.2 Å². The summed E-state index contributed by atoms with van der Waals surface area (Å²) in [6.45, 7) is 4.42. The van der Waals surface area contributed by atoms with Gasteiger partial charge in [-0.05, 0) is 43.5 Å². The fraction of sp³-hybridized carbons (Fsp3) is 0.571. The SMILES string of the molecule is CC(N)Cc1cc(Br)ccc1OCC1CCOC1. The van der Waals surface area contributed by atoms with Gasteiger partial charge in [0.05, 0.1) is 13.2 Å². The number of benzene rings is 1. The minimum Gasteiger partial charge on any atom is -0.493 e. The number of hydrogen-bond donors (Lipinski definition) is 1. The van der Waals surface area contributed by atoms with E-state index in [1.54, 1.807) is 0 Å². The van der Waals surface area contributed by atoms with Crippen molar-refractivity contribution in [2.45, 2.75) is 25.8 Å². The van der Waals surface area contributed by atoms with E-state index in [1.165, 1.54) is 5.56 Å². The summed E-state index contributed by atoms with van der Waals surface area (Å²) >= 11 is 3.49. The maximum Gasteiger partial charge on any atom is 0.122 e. The molecule has 2 N–H and O–H groups in total. The molecule has 2 rings (SSSR count). The fourth-order valence-corrected chi connectivity index (χ4v) is 2.53. The Labute approximate surface area is 117 Å². The first-order valence-electron chi connectivity index (χ1n) is 6.39. The van der Waals surface area contributed by atoms with Gasteiger partial charge < -0.3 is 15.2 Å². The molecule has 1 saturated heterocycles. The van der Waals surface area contributed by atoms with E-state index in [4.69, 9.17) is 15.2 Å². The smallest absolute Gasteiger partial charge is 0.122 e. The van der Waals surface area contributed by atoms with Crippen LogP contribution in [0.15, 0.2) is 22.7 Å². The molecule has 1 heterocycles. The normalized spacial score (nSPS) is 20.9. The van der Waals surface area contributed by atoms with E-state index >= 15 is 0 Å². The second-order valence-electron chi connectivity index (χ2n) is 4.97. The highest BCUT2D eigenvalue weighted by atomic mass is 79.9. The predicted molar refractivity (Wildman–Crippen MR) is 75.9 cm³/mol. The molecule has 2 atom stereocenters. The molecule has 0 amide bonds. The van der Waals surface area contributed by atoms with Crippen LogP contribution in [0, 0.1) is 5.92 Å². The third-order valence-corrected chi connectivity index (χ3v) is 3.56. The van der Waals surface area contributed by atoms with E-state index in [2.05, 4.69) is 22.0 Å². The number of hydrogen-bond acceptors (Lipinski definition) is 3. The molecule has 4 heteroatoms. The highest BCUT2D eigenvalue weighted by Crippen LogP contribution is 2.25. The van der Waals surface area contributed by atoms with Crippen molar-refractivity contribution in [2.24, 2.45) is 11.7 Å². The Balaban J connectivity index is 2.00. The van der Waals surface area contributed by atoms with Crippen molar-refractivity contribution in [3.8, 4) is 5.75 Å². The van der Waals surface area contributed by atoms with Gasteiger partial charge in [-0.15, -0.1) is 0 Å². The van der Waals surface area contributed by atoms with E-state index in [0.29, 0.717) is 5.92 Å². The first-order valence-corrected chi connectivity index (χ1v) is 7.19. The fourth-order valence-electron chi connectivity index (χ4n) is 2.12. The van der Waals surface area contributed by atoms with Gasteiger partial charge in [-0.1, -0.05) is 15.9 Å². The molecule has 1 aliphatic rings. The van der Waals surface area contributed by atoms with Crippen molar-refractivity contribution in [2.75, 3.05) is 19.8 Å². The third kappa shape index (κ3) is 3.97. The molecular weight excluding hydrogens is 294 g/mol. The molecule has 2 unspecified atom stereocenters. The van der Waals surface area contributed by atoms with Crippen LogP contribution in [-0.4, -0.2) is 25.9 Å². The van der Waals surface area contributed by atoms with E-state index < -0.39 is 0 Å². The number of nitrogens with two attached hydrogens (primary N) is 1. The van der Waals surface area contributed by atoms with E-state index in [1.807, 2.05) is 19.1 Å². The van der Waals surface area contributed by atoms with Crippen molar-refractivity contribution in [1.29, 1.82) is 0 Å². The van der Waals surface area contributed by atoms with Crippen LogP contribution in [0.25, 0.3) is 0 Å². The first-order chi connectivity index (χ1) is 8.65. The van der Waals surface area contributed by atoms with Crippen LogP contribution < -0.4 is 10.5 Å². The van der Waals surface area contributed by atoms with Gasteiger partial charge in [-0.3, -0.25) is 0 Å². The largest absolute Gasteiger partial charge is 0.493 e. The Kier molecular flexibility index (Phi) is 5.03. The molecule has 1 aromatic carbocycles. The maximum absolute atomic E-state index is 5.92. The summed E-state index contributed by atoms with van der Waals surface area (Å²) in [5.41, 5.74) is 7.04. The van der Waals surface area contributed by atoms with Gasteiger partial charge in [0.25, 0.3) is 0 Å². The molecule has 100 valence electrons. The van der Waals surface area contributed by atoms with Gasteiger partial charge in [0.1, 0.15) is 5.75 Å². The van der Waals surface area contributed by atoms with E-state index in [9.17, 15) is 0 Å². The van der Waals surface area contributed by atoms with Gasteiger partial charge in [-0.25, -0.2) is 0 Å². The summed E-state index contributed by atoms with van der Waals surface area (Å²) in [6, 6.07) is 6.24. The lowest BCUT2D eigenvalue weighted by molar-refractivity contribution is 0.166. The Morgan fingerprint density at radius 3 is 3.06 bits per heavy atom. The number of ether oxygens (including phenoxy) is 2. The van der Waals surface area contributed by atoms with Crippen LogP contribution in [0.5, 0.6) is 5.75 Å². The van der Waals surface area contributed by atoms with Crippen LogP contribution in [0.2, 0.25) is 0 Å². The molecule has 1 aromatic rings. The van der Waals surface area contributed by atoms with Gasteiger partial charge in [0.15, 0.2) is 0 Å². The molecule has 0 radical (unpaired) electrons. The zero-order valence-corrected chi connectivity index (χ0v) is 12.3. The van der Waals surface area contributed by atoms with Crippen LogP contribution in [0.1, 0.15) is 18.9 Å². The Morgan fingerprint density at radius 1 is 1.56 bits per heavy atom. The zero-order chi connectivity index (χ0) is 13.0. The predicted octanol–water partition coefficient (Wildman–Crippen LogP) is 2.75. The third-order valence-electron chi connectivity index (χ3n) is 3.06. The van der Waals surface area contributed by atoms with Gasteiger partial charge in [0.2, 0.25) is 0 Å². The van der Waals surface area contributed by atoms with Gasteiger partial charge in [-0.2, -0.15) is 0 Å². The Morgan fingerprint density at radius 2 is 2.39 bits per heavy atom. The minimum atomic E-state index is 0.136. The molecule has 18 heavy (non-hydrogen) atoms. The molecule has 0 spiro atoms. The molecule has 0 bridgehead atoms. The van der Waals surface area contributed by atoms with E-state index in [-0.39, 0.29) is 6.04 Å². The first kappa shape index (κ1) is 13.8. The number of rotatable bonds is 5. The molecule has 1 aliphatic heterocycles. The second-order valence-corrected chi connectivity index (χ2v) is 5.89. The van der Waals surface area contributed by atoms with Crippen LogP contribution in [0.3, 0.4) is 0 Å². The lowest BCUT2D eigenvalue weighted by Crippen LogP contribution is -2.19. The Bertz CT molecular complexity index is 389. The average molecular weight is 314 g/mol. The minimum absolute atomic E-state index is 0.136. The summed E-state index contributed by atoms with van der Waals surface area (Å²) in [6.07, 6.45) is 1.93. The highest BCUT2D eigenvalue weighted by Gasteiger charge is 2.17. The number of halogens is 1. The summed E-state index contributed by atoms with van der Waals surface area (Å²) in [7, 11) is 0. The van der Waals surface area contributed by atoms with Crippen molar-refractivity contribution >= 4 is 15.9 Å². The van der Waals surface area contributed by atoms with Crippen molar-refractivity contribution in [3.63, 3.8) is 0 Å². The highest BCUT2D eigenvalue weighted by molar-refractivity contribution is 9.10. The lowest BCUT2D eigenvalue weighted by Gasteiger charge is -2.15. The molecular formula is C14H20BrNO2. The summed E-state index contributed by atoms with van der Waals surface area (Å²) in [4.78, 5) is 0. The van der Waals surface area contributed by atoms with Crippen LogP contribution in [0.4, 0.5) is 0 Å². The topological polar surface area (TPSA) is 44.5 Å². The maximum atomic E-state index is 5.92. The van der Waals surface area contributed by atoms with Crippen LogP contribution >= 0.6 is 15.9 Å². The van der Waals surface area contributed by atoms with Crippen molar-refractivity contribution in [3.05, 3.63) is 28.2 Å². The Hall–Kier alpha value is -0.580. The molecule has 1 fully saturated rings. The molecule has 0 aliphatic carbocycles.